The van der Waals surface area contributed by atoms with E-state index in [4.69, 9.17) is 9.63 Å². The second kappa shape index (κ2) is 3.69. The van der Waals surface area contributed by atoms with Crippen molar-refractivity contribution in [3.05, 3.63) is 42.0 Å². The summed E-state index contributed by atoms with van der Waals surface area (Å²) in [6, 6.07) is 5.84. The molecule has 2 heterocycles. The van der Waals surface area contributed by atoms with E-state index in [-0.39, 0.29) is 17.0 Å². The lowest BCUT2D eigenvalue weighted by molar-refractivity contribution is 0.0686. The zero-order chi connectivity index (χ0) is 12.7. The molecule has 0 amide bonds. The fourth-order valence-electron chi connectivity index (χ4n) is 1.76. The van der Waals surface area contributed by atoms with Gasteiger partial charge in [-0.25, -0.2) is 9.18 Å². The Kier molecular flexibility index (Phi) is 2.16. The zero-order valence-electron chi connectivity index (χ0n) is 8.98. The molecule has 0 bridgehead atoms. The van der Waals surface area contributed by atoms with Crippen LogP contribution in [0.2, 0.25) is 0 Å². The predicted octanol–water partition coefficient (Wildman–Crippen LogP) is 2.66. The summed E-state index contributed by atoms with van der Waals surface area (Å²) in [5.74, 6) is -1.62. The summed E-state index contributed by atoms with van der Waals surface area (Å²) in [7, 11) is 0. The van der Waals surface area contributed by atoms with Gasteiger partial charge >= 0.3 is 5.97 Å². The number of carboxylic acids is 1. The quantitative estimate of drug-likeness (QED) is 0.728. The van der Waals surface area contributed by atoms with E-state index < -0.39 is 11.8 Å². The molecular formula is C12H7FN2O3. The number of rotatable bonds is 2. The van der Waals surface area contributed by atoms with Gasteiger partial charge in [-0.2, -0.15) is 0 Å². The predicted molar refractivity (Wildman–Crippen MR) is 60.7 cm³/mol. The Balaban J connectivity index is 2.17. The van der Waals surface area contributed by atoms with Crippen LogP contribution in [-0.2, 0) is 0 Å². The van der Waals surface area contributed by atoms with Crippen LogP contribution in [0.4, 0.5) is 4.39 Å². The van der Waals surface area contributed by atoms with Crippen LogP contribution < -0.4 is 0 Å². The molecule has 6 heteroatoms. The summed E-state index contributed by atoms with van der Waals surface area (Å²) in [5.41, 5.74) is 0.653. The average Bonchev–Trinajstić information content (AvgIpc) is 2.94. The van der Waals surface area contributed by atoms with Crippen molar-refractivity contribution in [3.63, 3.8) is 0 Å². The zero-order valence-corrected chi connectivity index (χ0v) is 8.98. The van der Waals surface area contributed by atoms with Gasteiger partial charge in [0.25, 0.3) is 0 Å². The van der Waals surface area contributed by atoms with Crippen LogP contribution in [0.5, 0.6) is 0 Å². The van der Waals surface area contributed by atoms with Crippen LogP contribution in [0.25, 0.3) is 22.2 Å². The summed E-state index contributed by atoms with van der Waals surface area (Å²) < 4.78 is 18.7. The molecule has 0 aliphatic rings. The molecule has 0 aliphatic carbocycles. The maximum Gasteiger partial charge on any atom is 0.358 e. The molecule has 0 unspecified atom stereocenters. The number of nitrogens with one attached hydrogen (secondary N) is 1. The second-order valence-corrected chi connectivity index (χ2v) is 3.78. The SMILES string of the molecule is O=C(O)c1cc(-c2cc3[nH]ccc3cc2F)on1. The van der Waals surface area contributed by atoms with E-state index in [2.05, 4.69) is 10.1 Å². The molecule has 3 aromatic rings. The second-order valence-electron chi connectivity index (χ2n) is 3.78. The molecule has 0 atom stereocenters. The lowest BCUT2D eigenvalue weighted by Crippen LogP contribution is -1.94. The Morgan fingerprint density at radius 2 is 2.22 bits per heavy atom. The molecule has 0 fully saturated rings. The fourth-order valence-corrected chi connectivity index (χ4v) is 1.76. The van der Waals surface area contributed by atoms with E-state index in [0.717, 1.165) is 10.9 Å². The first-order valence-corrected chi connectivity index (χ1v) is 5.12. The number of aromatic amines is 1. The minimum atomic E-state index is -1.22. The lowest BCUT2D eigenvalue weighted by atomic mass is 10.1. The molecule has 3 rings (SSSR count). The van der Waals surface area contributed by atoms with Crippen molar-refractivity contribution in [1.29, 1.82) is 0 Å². The molecule has 2 N–H and O–H groups in total. The van der Waals surface area contributed by atoms with Crippen molar-refractivity contribution in [2.75, 3.05) is 0 Å². The number of aromatic carboxylic acids is 1. The molecule has 18 heavy (non-hydrogen) atoms. The first-order valence-electron chi connectivity index (χ1n) is 5.12. The number of carboxylic acid groups (broad SMARTS) is 1. The molecule has 2 aromatic heterocycles. The number of hydrogen-bond donors (Lipinski definition) is 2. The smallest absolute Gasteiger partial charge is 0.358 e. The van der Waals surface area contributed by atoms with E-state index in [9.17, 15) is 9.18 Å². The minimum Gasteiger partial charge on any atom is -0.476 e. The molecular weight excluding hydrogens is 239 g/mol. The molecule has 0 aliphatic heterocycles. The minimum absolute atomic E-state index is 0.0846. The molecule has 0 radical (unpaired) electrons. The summed E-state index contributed by atoms with van der Waals surface area (Å²) in [5, 5.41) is 12.8. The number of benzene rings is 1. The van der Waals surface area contributed by atoms with Gasteiger partial charge in [0.2, 0.25) is 0 Å². The summed E-state index contributed by atoms with van der Waals surface area (Å²) in [4.78, 5) is 13.6. The van der Waals surface area contributed by atoms with Crippen LogP contribution in [0.1, 0.15) is 10.5 Å². The summed E-state index contributed by atoms with van der Waals surface area (Å²) >= 11 is 0. The third-order valence-electron chi connectivity index (χ3n) is 2.64. The number of fused-ring (bicyclic) bond motifs is 1. The fraction of sp³-hybridized carbons (Fsp3) is 0. The summed E-state index contributed by atoms with van der Waals surface area (Å²) in [6.45, 7) is 0. The molecule has 0 saturated carbocycles. The largest absolute Gasteiger partial charge is 0.476 e. The van der Waals surface area contributed by atoms with Crippen molar-refractivity contribution < 1.29 is 18.8 Å². The number of carbonyl (C=O) groups is 1. The van der Waals surface area contributed by atoms with Crippen LogP contribution in [0, 0.1) is 5.82 Å². The average molecular weight is 246 g/mol. The number of nitrogens with zero attached hydrogens (tertiary/aromatic N) is 1. The molecule has 0 saturated heterocycles. The highest BCUT2D eigenvalue weighted by molar-refractivity contribution is 5.88. The van der Waals surface area contributed by atoms with Crippen LogP contribution in [0.3, 0.4) is 0 Å². The van der Waals surface area contributed by atoms with Crippen molar-refractivity contribution in [2.24, 2.45) is 0 Å². The van der Waals surface area contributed by atoms with Gasteiger partial charge in [-0.3, -0.25) is 0 Å². The van der Waals surface area contributed by atoms with Gasteiger partial charge in [0.1, 0.15) is 5.82 Å². The van der Waals surface area contributed by atoms with E-state index in [0.29, 0.717) is 0 Å². The summed E-state index contributed by atoms with van der Waals surface area (Å²) in [6.07, 6.45) is 1.69. The van der Waals surface area contributed by atoms with Gasteiger partial charge < -0.3 is 14.6 Å². The van der Waals surface area contributed by atoms with Crippen molar-refractivity contribution in [1.82, 2.24) is 10.1 Å². The van der Waals surface area contributed by atoms with E-state index >= 15 is 0 Å². The molecule has 90 valence electrons. The molecule has 5 nitrogen and oxygen atoms in total. The lowest BCUT2D eigenvalue weighted by Gasteiger charge is -1.98. The highest BCUT2D eigenvalue weighted by Crippen LogP contribution is 2.27. The first kappa shape index (κ1) is 10.5. The van der Waals surface area contributed by atoms with Crippen LogP contribution in [0.15, 0.2) is 35.0 Å². The van der Waals surface area contributed by atoms with E-state index in [1.807, 2.05) is 0 Å². The number of aromatic nitrogens is 2. The Morgan fingerprint density at radius 3 is 2.94 bits per heavy atom. The van der Waals surface area contributed by atoms with Crippen LogP contribution >= 0.6 is 0 Å². The van der Waals surface area contributed by atoms with Crippen molar-refractivity contribution in [2.45, 2.75) is 0 Å². The van der Waals surface area contributed by atoms with Gasteiger partial charge in [-0.15, -0.1) is 0 Å². The number of hydrogen-bond acceptors (Lipinski definition) is 3. The maximum absolute atomic E-state index is 13.8. The topological polar surface area (TPSA) is 79.1 Å². The van der Waals surface area contributed by atoms with Gasteiger partial charge in [0, 0.05) is 23.2 Å². The number of halogens is 1. The van der Waals surface area contributed by atoms with Crippen LogP contribution in [-0.4, -0.2) is 21.2 Å². The van der Waals surface area contributed by atoms with Gasteiger partial charge in [-0.1, -0.05) is 5.16 Å². The third kappa shape index (κ3) is 1.55. The van der Waals surface area contributed by atoms with Gasteiger partial charge in [-0.05, 0) is 18.2 Å². The normalized spacial score (nSPS) is 10.9. The highest BCUT2D eigenvalue weighted by atomic mass is 19.1. The standard InChI is InChI=1S/C12H7FN2O3/c13-8-3-6-1-2-14-9(6)4-7(8)11-5-10(12(16)17)15-18-11/h1-5,14H,(H,16,17). The number of H-pyrrole nitrogens is 1. The first-order chi connectivity index (χ1) is 8.65. The van der Waals surface area contributed by atoms with Crippen molar-refractivity contribution in [3.8, 4) is 11.3 Å². The van der Waals surface area contributed by atoms with E-state index in [1.165, 1.54) is 12.1 Å². The monoisotopic (exact) mass is 246 g/mol. The van der Waals surface area contributed by atoms with Crippen molar-refractivity contribution >= 4 is 16.9 Å². The maximum atomic E-state index is 13.8. The highest BCUT2D eigenvalue weighted by Gasteiger charge is 2.16. The Hall–Kier alpha value is -2.63. The van der Waals surface area contributed by atoms with Gasteiger partial charge in [0.05, 0.1) is 5.56 Å². The molecule has 1 aromatic carbocycles. The van der Waals surface area contributed by atoms with Gasteiger partial charge in [0.15, 0.2) is 11.5 Å². The third-order valence-corrected chi connectivity index (χ3v) is 2.64. The Morgan fingerprint density at radius 1 is 1.39 bits per heavy atom. The van der Waals surface area contributed by atoms with E-state index in [1.54, 1.807) is 18.3 Å². The Bertz CT molecular complexity index is 745. The Labute approximate surface area is 99.8 Å². The molecule has 0 spiro atoms.